The number of nitrogens with two attached hydrogens (primary N) is 1. The van der Waals surface area contributed by atoms with Gasteiger partial charge in [0.25, 0.3) is 0 Å². The molecule has 92 valence electrons. The molecule has 17 heavy (non-hydrogen) atoms. The predicted molar refractivity (Wildman–Crippen MR) is 71.7 cm³/mol. The van der Waals surface area contributed by atoms with Crippen molar-refractivity contribution in [3.8, 4) is 11.5 Å². The molecule has 4 heteroatoms. The summed E-state index contributed by atoms with van der Waals surface area (Å²) < 4.78 is 10.9. The Labute approximate surface area is 107 Å². The van der Waals surface area contributed by atoms with Gasteiger partial charge in [-0.2, -0.15) is 0 Å². The highest BCUT2D eigenvalue weighted by atomic mass is 32.1. The third-order valence-corrected chi connectivity index (χ3v) is 3.35. The molecule has 2 N–H and O–H groups in total. The van der Waals surface area contributed by atoms with Crippen molar-refractivity contribution in [1.29, 1.82) is 0 Å². The second kappa shape index (κ2) is 5.36. The highest BCUT2D eigenvalue weighted by molar-refractivity contribution is 7.80. The first-order chi connectivity index (χ1) is 8.19. The van der Waals surface area contributed by atoms with E-state index in [-0.39, 0.29) is 0 Å². The lowest BCUT2D eigenvalue weighted by atomic mass is 9.86. The van der Waals surface area contributed by atoms with Gasteiger partial charge in [0, 0.05) is 11.6 Å². The fourth-order valence-corrected chi connectivity index (χ4v) is 1.91. The van der Waals surface area contributed by atoms with E-state index in [1.165, 1.54) is 19.3 Å². The highest BCUT2D eigenvalue weighted by Gasteiger charge is 2.18. The molecule has 0 heterocycles. The Morgan fingerprint density at radius 2 is 2.06 bits per heavy atom. The summed E-state index contributed by atoms with van der Waals surface area (Å²) in [7, 11) is 1.62. The van der Waals surface area contributed by atoms with Gasteiger partial charge in [-0.15, -0.1) is 0 Å². The number of benzene rings is 1. The van der Waals surface area contributed by atoms with Crippen molar-refractivity contribution in [2.75, 3.05) is 13.7 Å². The van der Waals surface area contributed by atoms with Crippen LogP contribution in [-0.4, -0.2) is 18.7 Å². The van der Waals surface area contributed by atoms with Crippen LogP contribution < -0.4 is 15.2 Å². The summed E-state index contributed by atoms with van der Waals surface area (Å²) in [6, 6.07) is 5.54. The van der Waals surface area contributed by atoms with Crippen molar-refractivity contribution >= 4 is 17.2 Å². The Morgan fingerprint density at radius 3 is 2.59 bits per heavy atom. The van der Waals surface area contributed by atoms with Gasteiger partial charge in [0.15, 0.2) is 0 Å². The lowest BCUT2D eigenvalue weighted by Gasteiger charge is -2.25. The van der Waals surface area contributed by atoms with Gasteiger partial charge < -0.3 is 15.2 Å². The molecule has 1 aromatic carbocycles. The summed E-state index contributed by atoms with van der Waals surface area (Å²) in [6.07, 6.45) is 3.86. The molecule has 0 atom stereocenters. The van der Waals surface area contributed by atoms with E-state index in [4.69, 9.17) is 27.4 Å². The minimum absolute atomic E-state index is 0.359. The molecule has 0 aromatic heterocycles. The van der Waals surface area contributed by atoms with Gasteiger partial charge in [-0.1, -0.05) is 18.6 Å². The zero-order chi connectivity index (χ0) is 12.3. The average molecular weight is 251 g/mol. The molecule has 1 fully saturated rings. The molecular formula is C13H17NO2S. The van der Waals surface area contributed by atoms with Crippen molar-refractivity contribution in [2.24, 2.45) is 11.7 Å². The largest absolute Gasteiger partial charge is 0.497 e. The van der Waals surface area contributed by atoms with E-state index in [0.717, 1.165) is 23.7 Å². The summed E-state index contributed by atoms with van der Waals surface area (Å²) in [5.41, 5.74) is 6.40. The van der Waals surface area contributed by atoms with Crippen LogP contribution in [0, 0.1) is 5.92 Å². The fourth-order valence-electron chi connectivity index (χ4n) is 1.79. The summed E-state index contributed by atoms with van der Waals surface area (Å²) in [5, 5.41) is 0. The molecule has 1 saturated carbocycles. The quantitative estimate of drug-likeness (QED) is 0.817. The van der Waals surface area contributed by atoms with Gasteiger partial charge in [0.05, 0.1) is 13.7 Å². The molecule has 0 spiro atoms. The number of methoxy groups -OCH3 is 1. The van der Waals surface area contributed by atoms with Crippen LogP contribution in [-0.2, 0) is 0 Å². The van der Waals surface area contributed by atoms with E-state index in [9.17, 15) is 0 Å². The number of thiocarbonyl (C=S) groups is 1. The number of hydrogen-bond acceptors (Lipinski definition) is 3. The van der Waals surface area contributed by atoms with Gasteiger partial charge in [-0.3, -0.25) is 0 Å². The predicted octanol–water partition coefficient (Wildman–Crippen LogP) is 2.51. The van der Waals surface area contributed by atoms with E-state index in [0.29, 0.717) is 10.9 Å². The average Bonchev–Trinajstić information content (AvgIpc) is 2.26. The fraction of sp³-hybridized carbons (Fsp3) is 0.462. The van der Waals surface area contributed by atoms with Gasteiger partial charge in [0.2, 0.25) is 0 Å². The van der Waals surface area contributed by atoms with Gasteiger partial charge >= 0.3 is 0 Å². The molecule has 0 bridgehead atoms. The Kier molecular flexibility index (Phi) is 3.84. The Bertz CT molecular complexity index is 416. The number of ether oxygens (including phenoxy) is 2. The maximum atomic E-state index is 5.75. The van der Waals surface area contributed by atoms with Crippen LogP contribution in [0.15, 0.2) is 18.2 Å². The van der Waals surface area contributed by atoms with Crippen molar-refractivity contribution < 1.29 is 9.47 Å². The van der Waals surface area contributed by atoms with Crippen LogP contribution in [0.4, 0.5) is 0 Å². The second-order valence-corrected chi connectivity index (χ2v) is 4.81. The summed E-state index contributed by atoms with van der Waals surface area (Å²) in [6.45, 7) is 0.768. The van der Waals surface area contributed by atoms with Crippen LogP contribution in [0.25, 0.3) is 0 Å². The van der Waals surface area contributed by atoms with Crippen LogP contribution in [0.5, 0.6) is 11.5 Å². The van der Waals surface area contributed by atoms with E-state index in [2.05, 4.69) is 0 Å². The zero-order valence-corrected chi connectivity index (χ0v) is 10.8. The Morgan fingerprint density at radius 1 is 1.35 bits per heavy atom. The first kappa shape index (κ1) is 12.2. The second-order valence-electron chi connectivity index (χ2n) is 4.37. The standard InChI is InChI=1S/C13H17NO2S/c1-15-11-5-10(13(14)17)6-12(7-11)16-8-9-3-2-4-9/h5-7,9H,2-4,8H2,1H3,(H2,14,17). The topological polar surface area (TPSA) is 44.5 Å². The molecule has 0 amide bonds. The van der Waals surface area contributed by atoms with E-state index < -0.39 is 0 Å². The minimum atomic E-state index is 0.359. The van der Waals surface area contributed by atoms with Crippen LogP contribution in [0.3, 0.4) is 0 Å². The van der Waals surface area contributed by atoms with Crippen molar-refractivity contribution in [2.45, 2.75) is 19.3 Å². The maximum absolute atomic E-state index is 5.75. The molecule has 0 radical (unpaired) electrons. The van der Waals surface area contributed by atoms with Crippen molar-refractivity contribution in [3.63, 3.8) is 0 Å². The van der Waals surface area contributed by atoms with Crippen molar-refractivity contribution in [3.05, 3.63) is 23.8 Å². The molecule has 2 rings (SSSR count). The van der Waals surface area contributed by atoms with E-state index in [1.54, 1.807) is 7.11 Å². The lowest BCUT2D eigenvalue weighted by molar-refractivity contribution is 0.180. The third kappa shape index (κ3) is 3.09. The smallest absolute Gasteiger partial charge is 0.123 e. The molecule has 0 saturated heterocycles. The third-order valence-electron chi connectivity index (χ3n) is 3.11. The molecule has 0 unspecified atom stereocenters. The monoisotopic (exact) mass is 251 g/mol. The van der Waals surface area contributed by atoms with E-state index in [1.807, 2.05) is 18.2 Å². The van der Waals surface area contributed by atoms with Crippen LogP contribution in [0.2, 0.25) is 0 Å². The Hall–Kier alpha value is -1.29. The molecular weight excluding hydrogens is 234 g/mol. The SMILES string of the molecule is COc1cc(OCC2CCC2)cc(C(N)=S)c1. The molecule has 1 aromatic rings. The number of hydrogen-bond donors (Lipinski definition) is 1. The Balaban J connectivity index is 2.08. The summed E-state index contributed by atoms with van der Waals surface area (Å²) in [4.78, 5) is 0.359. The minimum Gasteiger partial charge on any atom is -0.497 e. The van der Waals surface area contributed by atoms with Crippen molar-refractivity contribution in [1.82, 2.24) is 0 Å². The number of rotatable bonds is 5. The zero-order valence-electron chi connectivity index (χ0n) is 9.94. The first-order valence-corrected chi connectivity index (χ1v) is 6.21. The van der Waals surface area contributed by atoms with Crippen LogP contribution >= 0.6 is 12.2 Å². The molecule has 1 aliphatic rings. The van der Waals surface area contributed by atoms with E-state index >= 15 is 0 Å². The van der Waals surface area contributed by atoms with Gasteiger partial charge in [0.1, 0.15) is 16.5 Å². The lowest BCUT2D eigenvalue weighted by Crippen LogP contribution is -2.19. The van der Waals surface area contributed by atoms with Gasteiger partial charge in [-0.25, -0.2) is 0 Å². The molecule has 0 aliphatic heterocycles. The normalized spacial score (nSPS) is 15.1. The van der Waals surface area contributed by atoms with Crippen LogP contribution in [0.1, 0.15) is 24.8 Å². The summed E-state index contributed by atoms with van der Waals surface area (Å²) >= 11 is 4.97. The summed E-state index contributed by atoms with van der Waals surface area (Å²) in [5.74, 6) is 2.20. The van der Waals surface area contributed by atoms with Gasteiger partial charge in [-0.05, 0) is 30.9 Å². The molecule has 1 aliphatic carbocycles. The maximum Gasteiger partial charge on any atom is 0.123 e. The highest BCUT2D eigenvalue weighted by Crippen LogP contribution is 2.28. The first-order valence-electron chi connectivity index (χ1n) is 5.80. The molecule has 3 nitrogen and oxygen atoms in total.